The highest BCUT2D eigenvalue weighted by atomic mass is 16.5. The molecule has 0 aromatic carbocycles. The van der Waals surface area contributed by atoms with Crippen LogP contribution in [0.15, 0.2) is 0 Å². The van der Waals surface area contributed by atoms with Gasteiger partial charge in [-0.05, 0) is 19.8 Å². The van der Waals surface area contributed by atoms with Crippen LogP contribution in [0.5, 0.6) is 0 Å². The summed E-state index contributed by atoms with van der Waals surface area (Å²) in [5.41, 5.74) is -0.817. The molecule has 1 saturated carbocycles. The lowest BCUT2D eigenvalue weighted by atomic mass is 9.85. The van der Waals surface area contributed by atoms with E-state index in [0.717, 1.165) is 12.8 Å². The van der Waals surface area contributed by atoms with Crippen molar-refractivity contribution in [2.45, 2.75) is 38.6 Å². The van der Waals surface area contributed by atoms with Gasteiger partial charge >= 0.3 is 5.97 Å². The Morgan fingerprint density at radius 1 is 1.56 bits per heavy atom. The summed E-state index contributed by atoms with van der Waals surface area (Å²) >= 11 is 0. The minimum atomic E-state index is -0.831. The van der Waals surface area contributed by atoms with Gasteiger partial charge in [-0.1, -0.05) is 6.42 Å². The minimum absolute atomic E-state index is 0.138. The smallest absolute Gasteiger partial charge is 0.311 e. The molecule has 1 aliphatic carbocycles. The molecule has 0 aromatic rings. The molecule has 1 rings (SSSR count). The number of carboxylic acid groups (broad SMARTS) is 1. The van der Waals surface area contributed by atoms with Crippen molar-refractivity contribution in [3.63, 3.8) is 0 Å². The van der Waals surface area contributed by atoms with E-state index < -0.39 is 11.4 Å². The monoisotopic (exact) mass is 229 g/mol. The maximum Gasteiger partial charge on any atom is 0.311 e. The van der Waals surface area contributed by atoms with Gasteiger partial charge in [-0.15, -0.1) is 0 Å². The third-order valence-corrected chi connectivity index (χ3v) is 3.32. The highest BCUT2D eigenvalue weighted by Gasteiger charge is 2.45. The van der Waals surface area contributed by atoms with Crippen molar-refractivity contribution in [3.8, 4) is 0 Å². The second-order valence-electron chi connectivity index (χ2n) is 4.48. The van der Waals surface area contributed by atoms with E-state index in [1.807, 2.05) is 0 Å². The highest BCUT2D eigenvalue weighted by molar-refractivity contribution is 5.80. The molecule has 0 aromatic heterocycles. The van der Waals surface area contributed by atoms with Crippen molar-refractivity contribution < 1.29 is 19.4 Å². The van der Waals surface area contributed by atoms with Gasteiger partial charge in [-0.25, -0.2) is 0 Å². The van der Waals surface area contributed by atoms with E-state index in [1.54, 1.807) is 6.92 Å². The van der Waals surface area contributed by atoms with Gasteiger partial charge < -0.3 is 15.2 Å². The van der Waals surface area contributed by atoms with Gasteiger partial charge in [0.25, 0.3) is 0 Å². The van der Waals surface area contributed by atoms with E-state index in [1.165, 1.54) is 7.11 Å². The first-order valence-corrected chi connectivity index (χ1v) is 5.52. The zero-order chi connectivity index (χ0) is 12.2. The molecule has 1 aliphatic rings. The number of methoxy groups -OCH3 is 1. The first kappa shape index (κ1) is 13.0. The number of amides is 1. The minimum Gasteiger partial charge on any atom is -0.481 e. The third-order valence-electron chi connectivity index (χ3n) is 3.32. The molecule has 1 fully saturated rings. The van der Waals surface area contributed by atoms with Gasteiger partial charge in [0, 0.05) is 19.6 Å². The molecule has 0 spiro atoms. The molecule has 5 heteroatoms. The van der Waals surface area contributed by atoms with Crippen LogP contribution >= 0.6 is 0 Å². The summed E-state index contributed by atoms with van der Waals surface area (Å²) in [5, 5.41) is 11.9. The molecule has 16 heavy (non-hydrogen) atoms. The number of aliphatic carboxylic acids is 1. The Labute approximate surface area is 95.2 Å². The number of carbonyl (C=O) groups excluding carboxylic acids is 1. The van der Waals surface area contributed by atoms with Crippen molar-refractivity contribution in [2.75, 3.05) is 13.7 Å². The summed E-state index contributed by atoms with van der Waals surface area (Å²) in [7, 11) is 1.53. The fraction of sp³-hybridized carbons (Fsp3) is 0.818. The zero-order valence-corrected chi connectivity index (χ0v) is 9.78. The van der Waals surface area contributed by atoms with Crippen LogP contribution in [0.4, 0.5) is 0 Å². The van der Waals surface area contributed by atoms with Crippen molar-refractivity contribution >= 4 is 11.9 Å². The zero-order valence-electron chi connectivity index (χ0n) is 9.78. The molecule has 92 valence electrons. The average molecular weight is 229 g/mol. The molecule has 2 N–H and O–H groups in total. The SMILES string of the molecule is COCCC(=O)NC1CCCC1(C)C(=O)O. The van der Waals surface area contributed by atoms with Crippen LogP contribution in [0.3, 0.4) is 0 Å². The van der Waals surface area contributed by atoms with Crippen LogP contribution in [0.1, 0.15) is 32.6 Å². The van der Waals surface area contributed by atoms with Crippen LogP contribution in [-0.4, -0.2) is 36.7 Å². The Morgan fingerprint density at radius 2 is 2.25 bits per heavy atom. The molecule has 0 saturated heterocycles. The maximum absolute atomic E-state index is 11.5. The predicted octanol–water partition coefficient (Wildman–Crippen LogP) is 0.782. The van der Waals surface area contributed by atoms with Crippen LogP contribution in [-0.2, 0) is 14.3 Å². The Morgan fingerprint density at radius 3 is 2.81 bits per heavy atom. The molecular weight excluding hydrogens is 210 g/mol. The van der Waals surface area contributed by atoms with Gasteiger partial charge in [0.2, 0.25) is 5.91 Å². The molecular formula is C11H19NO4. The third kappa shape index (κ3) is 2.72. The lowest BCUT2D eigenvalue weighted by Gasteiger charge is -2.27. The molecule has 2 atom stereocenters. The Bertz CT molecular complexity index is 279. The molecule has 0 heterocycles. The van der Waals surface area contributed by atoms with Crippen molar-refractivity contribution in [2.24, 2.45) is 5.41 Å². The van der Waals surface area contributed by atoms with E-state index in [4.69, 9.17) is 9.84 Å². The number of ether oxygens (including phenoxy) is 1. The summed E-state index contributed by atoms with van der Waals surface area (Å²) in [6, 6.07) is -0.255. The number of carbonyl (C=O) groups is 2. The van der Waals surface area contributed by atoms with Gasteiger partial charge in [-0.3, -0.25) is 9.59 Å². The normalized spacial score (nSPS) is 29.0. The van der Waals surface area contributed by atoms with E-state index in [9.17, 15) is 9.59 Å². The maximum atomic E-state index is 11.5. The van der Waals surface area contributed by atoms with E-state index in [0.29, 0.717) is 13.0 Å². The topological polar surface area (TPSA) is 75.6 Å². The fourth-order valence-corrected chi connectivity index (χ4v) is 2.11. The quantitative estimate of drug-likeness (QED) is 0.730. The molecule has 2 unspecified atom stereocenters. The average Bonchev–Trinajstić information content (AvgIpc) is 2.59. The lowest BCUT2D eigenvalue weighted by Crippen LogP contribution is -2.47. The molecule has 5 nitrogen and oxygen atoms in total. The van der Waals surface area contributed by atoms with Crippen molar-refractivity contribution in [1.29, 1.82) is 0 Å². The highest BCUT2D eigenvalue weighted by Crippen LogP contribution is 2.38. The largest absolute Gasteiger partial charge is 0.481 e. The first-order chi connectivity index (χ1) is 7.50. The first-order valence-electron chi connectivity index (χ1n) is 5.52. The lowest BCUT2D eigenvalue weighted by molar-refractivity contribution is -0.149. The van der Waals surface area contributed by atoms with E-state index in [2.05, 4.69) is 5.32 Å². The van der Waals surface area contributed by atoms with E-state index >= 15 is 0 Å². The summed E-state index contributed by atoms with van der Waals surface area (Å²) in [5.74, 6) is -0.969. The van der Waals surface area contributed by atoms with Crippen molar-refractivity contribution in [1.82, 2.24) is 5.32 Å². The molecule has 0 aliphatic heterocycles. The van der Waals surface area contributed by atoms with Crippen molar-refractivity contribution in [3.05, 3.63) is 0 Å². The molecule has 0 radical (unpaired) electrons. The van der Waals surface area contributed by atoms with E-state index in [-0.39, 0.29) is 18.4 Å². The van der Waals surface area contributed by atoms with Crippen LogP contribution < -0.4 is 5.32 Å². The second-order valence-corrected chi connectivity index (χ2v) is 4.48. The fourth-order valence-electron chi connectivity index (χ4n) is 2.11. The summed E-state index contributed by atoms with van der Waals surface area (Å²) in [4.78, 5) is 22.6. The van der Waals surface area contributed by atoms with Crippen LogP contribution in [0.2, 0.25) is 0 Å². The van der Waals surface area contributed by atoms with Crippen LogP contribution in [0.25, 0.3) is 0 Å². The Kier molecular flexibility index (Phi) is 4.29. The molecule has 1 amide bonds. The van der Waals surface area contributed by atoms with Crippen LogP contribution in [0, 0.1) is 5.41 Å². The van der Waals surface area contributed by atoms with Gasteiger partial charge in [-0.2, -0.15) is 0 Å². The Balaban J connectivity index is 2.53. The van der Waals surface area contributed by atoms with Gasteiger partial charge in [0.05, 0.1) is 12.0 Å². The number of hydrogen-bond acceptors (Lipinski definition) is 3. The predicted molar refractivity (Wildman–Crippen MR) is 58.0 cm³/mol. The van der Waals surface area contributed by atoms with Gasteiger partial charge in [0.1, 0.15) is 0 Å². The standard InChI is InChI=1S/C11H19NO4/c1-11(10(14)15)6-3-4-8(11)12-9(13)5-7-16-2/h8H,3-7H2,1-2H3,(H,12,13)(H,14,15). The number of hydrogen-bond donors (Lipinski definition) is 2. The molecule has 0 bridgehead atoms. The number of rotatable bonds is 5. The number of nitrogens with one attached hydrogen (secondary N) is 1. The Hall–Kier alpha value is -1.10. The summed E-state index contributed by atoms with van der Waals surface area (Å²) in [6.07, 6.45) is 2.49. The number of carboxylic acids is 1. The second kappa shape index (κ2) is 5.30. The summed E-state index contributed by atoms with van der Waals surface area (Å²) < 4.78 is 4.80. The van der Waals surface area contributed by atoms with Gasteiger partial charge in [0.15, 0.2) is 0 Å². The summed E-state index contributed by atoms with van der Waals surface area (Å²) in [6.45, 7) is 2.06.